The Balaban J connectivity index is 2.23. The van der Waals surface area contributed by atoms with Crippen LogP contribution in [0.5, 0.6) is 11.5 Å². The van der Waals surface area contributed by atoms with Crippen LogP contribution in [0.2, 0.25) is 0 Å². The Kier molecular flexibility index (Phi) is 5.36. The number of aryl methyl sites for hydroxylation is 1. The van der Waals surface area contributed by atoms with Crippen LogP contribution in [-0.4, -0.2) is 24.2 Å². The summed E-state index contributed by atoms with van der Waals surface area (Å²) in [6.07, 6.45) is 6.00. The van der Waals surface area contributed by atoms with Gasteiger partial charge in [0.2, 0.25) is 0 Å². The topological polar surface area (TPSA) is 56.3 Å². The summed E-state index contributed by atoms with van der Waals surface area (Å²) < 4.78 is 10.9. The van der Waals surface area contributed by atoms with Gasteiger partial charge >= 0.3 is 0 Å². The second kappa shape index (κ2) is 7.45. The molecule has 5 heteroatoms. The number of benzene rings is 1. The van der Waals surface area contributed by atoms with Crippen LogP contribution >= 0.6 is 0 Å². The Morgan fingerprint density at radius 2 is 2.05 bits per heavy atom. The summed E-state index contributed by atoms with van der Waals surface area (Å²) in [5, 5.41) is 3.26. The SMILES string of the molecule is C=CCc1cc(CNc2cncc(C)n2)cc(OC)c1OC. The minimum atomic E-state index is 0.628. The summed E-state index contributed by atoms with van der Waals surface area (Å²) in [7, 11) is 3.28. The Morgan fingerprint density at radius 1 is 1.23 bits per heavy atom. The van der Waals surface area contributed by atoms with Crippen molar-refractivity contribution in [2.24, 2.45) is 0 Å². The summed E-state index contributed by atoms with van der Waals surface area (Å²) in [6, 6.07) is 4.04. The quantitative estimate of drug-likeness (QED) is 0.796. The minimum Gasteiger partial charge on any atom is -0.493 e. The lowest BCUT2D eigenvalue weighted by molar-refractivity contribution is 0.352. The molecule has 0 unspecified atom stereocenters. The van der Waals surface area contributed by atoms with Gasteiger partial charge in [-0.05, 0) is 31.0 Å². The summed E-state index contributed by atoms with van der Waals surface area (Å²) >= 11 is 0. The highest BCUT2D eigenvalue weighted by Gasteiger charge is 2.11. The second-order valence-corrected chi connectivity index (χ2v) is 4.88. The van der Waals surface area contributed by atoms with E-state index in [2.05, 4.69) is 27.9 Å². The molecule has 2 rings (SSSR count). The van der Waals surface area contributed by atoms with Crippen LogP contribution in [0.25, 0.3) is 0 Å². The van der Waals surface area contributed by atoms with E-state index in [0.29, 0.717) is 12.3 Å². The van der Waals surface area contributed by atoms with Crippen molar-refractivity contribution >= 4 is 5.82 Å². The molecule has 2 aromatic rings. The zero-order valence-corrected chi connectivity index (χ0v) is 13.2. The summed E-state index contributed by atoms with van der Waals surface area (Å²) in [4.78, 5) is 8.50. The van der Waals surface area contributed by atoms with Crippen LogP contribution in [0, 0.1) is 6.92 Å². The molecule has 5 nitrogen and oxygen atoms in total. The van der Waals surface area contributed by atoms with Gasteiger partial charge in [0.05, 0.1) is 26.1 Å². The first-order valence-electron chi connectivity index (χ1n) is 7.05. The lowest BCUT2D eigenvalue weighted by Crippen LogP contribution is -2.05. The number of ether oxygens (including phenoxy) is 2. The van der Waals surface area contributed by atoms with Crippen LogP contribution in [-0.2, 0) is 13.0 Å². The molecular formula is C17H21N3O2. The van der Waals surface area contributed by atoms with Gasteiger partial charge in [0, 0.05) is 18.3 Å². The average Bonchev–Trinajstić information content (AvgIpc) is 2.52. The average molecular weight is 299 g/mol. The second-order valence-electron chi connectivity index (χ2n) is 4.88. The van der Waals surface area contributed by atoms with Crippen LogP contribution < -0.4 is 14.8 Å². The van der Waals surface area contributed by atoms with Crippen LogP contribution in [0.1, 0.15) is 16.8 Å². The molecule has 0 spiro atoms. The van der Waals surface area contributed by atoms with E-state index in [1.54, 1.807) is 26.6 Å². The first-order valence-corrected chi connectivity index (χ1v) is 7.05. The number of aromatic nitrogens is 2. The number of hydrogen-bond acceptors (Lipinski definition) is 5. The molecule has 0 fully saturated rings. The fourth-order valence-corrected chi connectivity index (χ4v) is 2.26. The third kappa shape index (κ3) is 3.75. The van der Waals surface area contributed by atoms with Crippen molar-refractivity contribution in [3.05, 3.63) is 54.0 Å². The lowest BCUT2D eigenvalue weighted by Gasteiger charge is -2.15. The molecule has 0 radical (unpaired) electrons. The van der Waals surface area contributed by atoms with Crippen molar-refractivity contribution in [2.75, 3.05) is 19.5 Å². The van der Waals surface area contributed by atoms with Gasteiger partial charge in [0.25, 0.3) is 0 Å². The third-order valence-electron chi connectivity index (χ3n) is 3.21. The molecule has 0 aliphatic heterocycles. The molecule has 0 atom stereocenters. The fraction of sp³-hybridized carbons (Fsp3) is 0.294. The molecule has 0 saturated carbocycles. The Morgan fingerprint density at radius 3 is 2.68 bits per heavy atom. The lowest BCUT2D eigenvalue weighted by atomic mass is 10.1. The van der Waals surface area contributed by atoms with Crippen LogP contribution in [0.3, 0.4) is 0 Å². The largest absolute Gasteiger partial charge is 0.493 e. The summed E-state index contributed by atoms with van der Waals surface area (Å²) in [5.41, 5.74) is 3.01. The maximum absolute atomic E-state index is 5.44. The number of allylic oxidation sites excluding steroid dienone is 1. The third-order valence-corrected chi connectivity index (χ3v) is 3.21. The highest BCUT2D eigenvalue weighted by Crippen LogP contribution is 2.33. The molecule has 0 bridgehead atoms. The predicted octanol–water partition coefficient (Wildman–Crippen LogP) is 3.14. The molecule has 1 aromatic carbocycles. The monoisotopic (exact) mass is 299 g/mol. The number of rotatable bonds is 7. The van der Waals surface area contributed by atoms with Crippen LogP contribution in [0.15, 0.2) is 37.2 Å². The van der Waals surface area contributed by atoms with Crippen molar-refractivity contribution in [1.29, 1.82) is 0 Å². The van der Waals surface area contributed by atoms with E-state index in [9.17, 15) is 0 Å². The van der Waals surface area contributed by atoms with Gasteiger partial charge in [-0.25, -0.2) is 4.98 Å². The number of hydrogen-bond donors (Lipinski definition) is 1. The van der Waals surface area contributed by atoms with Gasteiger partial charge in [-0.1, -0.05) is 6.08 Å². The number of methoxy groups -OCH3 is 2. The standard InChI is InChI=1S/C17H21N3O2/c1-5-6-14-7-13(8-15(21-3)17(14)22-4)10-19-16-11-18-9-12(2)20-16/h5,7-9,11H,1,6,10H2,2-4H3,(H,19,20). The van der Waals surface area contributed by atoms with E-state index < -0.39 is 0 Å². The predicted molar refractivity (Wildman–Crippen MR) is 87.5 cm³/mol. The van der Waals surface area contributed by atoms with Crippen LogP contribution in [0.4, 0.5) is 5.82 Å². The van der Waals surface area contributed by atoms with E-state index in [1.807, 2.05) is 19.1 Å². The molecule has 0 amide bonds. The minimum absolute atomic E-state index is 0.628. The zero-order chi connectivity index (χ0) is 15.9. The van der Waals surface area contributed by atoms with E-state index in [4.69, 9.17) is 9.47 Å². The maximum Gasteiger partial charge on any atom is 0.164 e. The molecule has 1 heterocycles. The highest BCUT2D eigenvalue weighted by atomic mass is 16.5. The fourth-order valence-electron chi connectivity index (χ4n) is 2.26. The molecule has 0 aliphatic carbocycles. The Bertz CT molecular complexity index is 656. The van der Waals surface area contributed by atoms with Gasteiger partial charge in [-0.2, -0.15) is 0 Å². The van der Waals surface area contributed by atoms with Crippen molar-refractivity contribution in [3.8, 4) is 11.5 Å². The first-order chi connectivity index (χ1) is 10.7. The number of anilines is 1. The number of nitrogens with one attached hydrogen (secondary N) is 1. The van der Waals surface area contributed by atoms with E-state index in [-0.39, 0.29) is 0 Å². The van der Waals surface area contributed by atoms with Crippen molar-refractivity contribution in [2.45, 2.75) is 19.9 Å². The first kappa shape index (κ1) is 15.8. The van der Waals surface area contributed by atoms with Crippen molar-refractivity contribution < 1.29 is 9.47 Å². The van der Waals surface area contributed by atoms with E-state index >= 15 is 0 Å². The molecular weight excluding hydrogens is 278 g/mol. The Hall–Kier alpha value is -2.56. The summed E-state index contributed by atoms with van der Waals surface area (Å²) in [6.45, 7) is 6.33. The Labute approximate surface area is 131 Å². The summed E-state index contributed by atoms with van der Waals surface area (Å²) in [5.74, 6) is 2.22. The molecule has 0 aliphatic rings. The zero-order valence-electron chi connectivity index (χ0n) is 13.2. The molecule has 22 heavy (non-hydrogen) atoms. The number of nitrogens with zero attached hydrogens (tertiary/aromatic N) is 2. The van der Waals surface area contributed by atoms with Gasteiger partial charge in [0.15, 0.2) is 11.5 Å². The molecule has 1 N–H and O–H groups in total. The molecule has 1 aromatic heterocycles. The van der Waals surface area contributed by atoms with Gasteiger partial charge in [0.1, 0.15) is 5.82 Å². The van der Waals surface area contributed by atoms with Gasteiger partial charge in [-0.15, -0.1) is 6.58 Å². The van der Waals surface area contributed by atoms with E-state index in [1.165, 1.54) is 0 Å². The van der Waals surface area contributed by atoms with Gasteiger partial charge in [-0.3, -0.25) is 4.98 Å². The van der Waals surface area contributed by atoms with Crippen molar-refractivity contribution in [1.82, 2.24) is 9.97 Å². The van der Waals surface area contributed by atoms with E-state index in [0.717, 1.165) is 34.8 Å². The highest BCUT2D eigenvalue weighted by molar-refractivity contribution is 5.51. The van der Waals surface area contributed by atoms with Crippen molar-refractivity contribution in [3.63, 3.8) is 0 Å². The molecule has 116 valence electrons. The smallest absolute Gasteiger partial charge is 0.164 e. The van der Waals surface area contributed by atoms with Gasteiger partial charge < -0.3 is 14.8 Å². The normalized spacial score (nSPS) is 10.1. The molecule has 0 saturated heterocycles. The maximum atomic E-state index is 5.44.